The summed E-state index contributed by atoms with van der Waals surface area (Å²) in [6.07, 6.45) is 0. The molecule has 1 aromatic heterocycles. The van der Waals surface area contributed by atoms with Gasteiger partial charge in [0.2, 0.25) is 0 Å². The van der Waals surface area contributed by atoms with Gasteiger partial charge in [0, 0.05) is 19.6 Å². The molecule has 0 saturated carbocycles. The Kier molecular flexibility index (Phi) is 5.91. The summed E-state index contributed by atoms with van der Waals surface area (Å²) in [5, 5.41) is 11.0. The number of amides is 1. The molecule has 0 radical (unpaired) electrons. The topological polar surface area (TPSA) is 67.4 Å². The maximum Gasteiger partial charge on any atom is 0.272 e. The van der Waals surface area contributed by atoms with Crippen LogP contribution in [-0.2, 0) is 6.54 Å². The van der Waals surface area contributed by atoms with Crippen LogP contribution in [0.25, 0.3) is 0 Å². The van der Waals surface area contributed by atoms with Gasteiger partial charge in [0.15, 0.2) is 11.5 Å². The number of methoxy groups -OCH3 is 1. The van der Waals surface area contributed by atoms with Gasteiger partial charge < -0.3 is 15.0 Å². The lowest BCUT2D eigenvalue weighted by Crippen LogP contribution is -2.26. The molecule has 0 saturated heterocycles. The van der Waals surface area contributed by atoms with Crippen LogP contribution in [0.3, 0.4) is 0 Å². The molecule has 122 valence electrons. The second-order valence-electron chi connectivity index (χ2n) is 4.98. The Balaban J connectivity index is 1.94. The summed E-state index contributed by atoms with van der Waals surface area (Å²) in [5.41, 5.74) is 1.31. The zero-order chi connectivity index (χ0) is 16.7. The minimum absolute atomic E-state index is 0.237. The van der Waals surface area contributed by atoms with Gasteiger partial charge >= 0.3 is 0 Å². The molecule has 2 aromatic rings. The first-order valence-corrected chi connectivity index (χ1v) is 7.67. The highest BCUT2D eigenvalue weighted by molar-refractivity contribution is 5.92. The molecule has 0 bridgehead atoms. The van der Waals surface area contributed by atoms with Gasteiger partial charge in [-0.05, 0) is 43.7 Å². The molecule has 1 aromatic carbocycles. The number of nitrogens with zero attached hydrogens (tertiary/aromatic N) is 3. The molecule has 0 atom stereocenters. The molecule has 23 heavy (non-hydrogen) atoms. The third-order valence-electron chi connectivity index (χ3n) is 3.58. The van der Waals surface area contributed by atoms with Crippen molar-refractivity contribution in [3.8, 4) is 5.75 Å². The van der Waals surface area contributed by atoms with E-state index >= 15 is 0 Å². The highest BCUT2D eigenvalue weighted by atomic mass is 16.5. The Morgan fingerprint density at radius 1 is 1.09 bits per heavy atom. The van der Waals surface area contributed by atoms with Crippen molar-refractivity contribution >= 4 is 11.7 Å². The number of nitrogens with one attached hydrogen (secondary N) is 1. The maximum atomic E-state index is 12.1. The number of aromatic nitrogens is 2. The van der Waals surface area contributed by atoms with Crippen LogP contribution in [0, 0.1) is 0 Å². The Morgan fingerprint density at radius 3 is 2.30 bits per heavy atom. The van der Waals surface area contributed by atoms with Crippen LogP contribution in [0.1, 0.15) is 29.9 Å². The first-order valence-electron chi connectivity index (χ1n) is 7.67. The van der Waals surface area contributed by atoms with Crippen molar-refractivity contribution in [3.05, 3.63) is 47.7 Å². The molecular formula is C17H22N4O2. The highest BCUT2D eigenvalue weighted by Crippen LogP contribution is 2.11. The molecule has 0 aliphatic carbocycles. The molecule has 0 unspecified atom stereocenters. The summed E-state index contributed by atoms with van der Waals surface area (Å²) < 4.78 is 5.10. The van der Waals surface area contributed by atoms with Crippen molar-refractivity contribution in [2.75, 3.05) is 25.1 Å². The van der Waals surface area contributed by atoms with Crippen molar-refractivity contribution in [3.63, 3.8) is 0 Å². The Labute approximate surface area is 136 Å². The average molecular weight is 314 g/mol. The summed E-state index contributed by atoms with van der Waals surface area (Å²) in [5.74, 6) is 1.33. The fraction of sp³-hybridized carbons (Fsp3) is 0.353. The third kappa shape index (κ3) is 4.42. The van der Waals surface area contributed by atoms with Gasteiger partial charge in [0.05, 0.1) is 7.11 Å². The molecule has 0 aliphatic heterocycles. The number of anilines is 1. The van der Waals surface area contributed by atoms with E-state index in [-0.39, 0.29) is 5.91 Å². The molecule has 0 aliphatic rings. The van der Waals surface area contributed by atoms with E-state index in [9.17, 15) is 4.79 Å². The number of carbonyl (C=O) groups excluding carboxylic acids is 1. The van der Waals surface area contributed by atoms with Gasteiger partial charge in [-0.1, -0.05) is 12.1 Å². The molecule has 1 N–H and O–H groups in total. The predicted molar refractivity (Wildman–Crippen MR) is 89.8 cm³/mol. The lowest BCUT2D eigenvalue weighted by molar-refractivity contribution is 0.0945. The summed E-state index contributed by atoms with van der Waals surface area (Å²) in [6.45, 7) is 6.26. The zero-order valence-electron chi connectivity index (χ0n) is 13.7. The number of ether oxygens (including phenoxy) is 1. The largest absolute Gasteiger partial charge is 0.497 e. The fourth-order valence-electron chi connectivity index (χ4n) is 2.18. The van der Waals surface area contributed by atoms with Crippen LogP contribution >= 0.6 is 0 Å². The minimum Gasteiger partial charge on any atom is -0.497 e. The third-order valence-corrected chi connectivity index (χ3v) is 3.58. The lowest BCUT2D eigenvalue weighted by atomic mass is 10.2. The standard InChI is InChI=1S/C17H22N4O2/c1-4-21(5-2)16-11-10-15(19-20-16)17(22)18-12-13-6-8-14(23-3)9-7-13/h6-11H,4-5,12H2,1-3H3,(H,18,22). The van der Waals surface area contributed by atoms with Crippen molar-refractivity contribution in [2.24, 2.45) is 0 Å². The number of carbonyl (C=O) groups is 1. The number of benzene rings is 1. The van der Waals surface area contributed by atoms with Crippen LogP contribution in [0.4, 0.5) is 5.82 Å². The van der Waals surface area contributed by atoms with Crippen molar-refractivity contribution in [1.29, 1.82) is 0 Å². The van der Waals surface area contributed by atoms with Crippen molar-refractivity contribution in [1.82, 2.24) is 15.5 Å². The van der Waals surface area contributed by atoms with Crippen LogP contribution in [0.15, 0.2) is 36.4 Å². The summed E-state index contributed by atoms with van der Waals surface area (Å²) in [4.78, 5) is 14.2. The van der Waals surface area contributed by atoms with Gasteiger partial charge in [-0.2, -0.15) is 0 Å². The molecule has 1 heterocycles. The quantitative estimate of drug-likeness (QED) is 0.849. The summed E-state index contributed by atoms with van der Waals surface area (Å²) >= 11 is 0. The first-order chi connectivity index (χ1) is 11.2. The van der Waals surface area contributed by atoms with Crippen LogP contribution in [0.5, 0.6) is 5.75 Å². The second kappa shape index (κ2) is 8.12. The van der Waals surface area contributed by atoms with E-state index in [1.54, 1.807) is 13.2 Å². The van der Waals surface area contributed by atoms with Crippen LogP contribution < -0.4 is 15.0 Å². The predicted octanol–water partition coefficient (Wildman–Crippen LogP) is 2.26. The van der Waals surface area contributed by atoms with E-state index in [2.05, 4.69) is 34.3 Å². The normalized spacial score (nSPS) is 10.2. The Hall–Kier alpha value is -2.63. The van der Waals surface area contributed by atoms with Crippen molar-refractivity contribution < 1.29 is 9.53 Å². The number of hydrogen-bond donors (Lipinski definition) is 1. The number of hydrogen-bond acceptors (Lipinski definition) is 5. The van der Waals surface area contributed by atoms with Gasteiger partial charge in [-0.15, -0.1) is 10.2 Å². The molecule has 2 rings (SSSR count). The Bertz CT molecular complexity index is 622. The monoisotopic (exact) mass is 314 g/mol. The zero-order valence-corrected chi connectivity index (χ0v) is 13.7. The van der Waals surface area contributed by atoms with E-state index < -0.39 is 0 Å². The summed E-state index contributed by atoms with van der Waals surface area (Å²) in [6, 6.07) is 11.1. The lowest BCUT2D eigenvalue weighted by Gasteiger charge is -2.18. The molecular weight excluding hydrogens is 292 g/mol. The van der Waals surface area contributed by atoms with Crippen LogP contribution in [-0.4, -0.2) is 36.3 Å². The summed E-state index contributed by atoms with van der Waals surface area (Å²) in [7, 11) is 1.62. The van der Waals surface area contributed by atoms with Crippen molar-refractivity contribution in [2.45, 2.75) is 20.4 Å². The molecule has 6 heteroatoms. The highest BCUT2D eigenvalue weighted by Gasteiger charge is 2.10. The first kappa shape index (κ1) is 16.7. The Morgan fingerprint density at radius 2 is 1.78 bits per heavy atom. The average Bonchev–Trinajstić information content (AvgIpc) is 2.61. The maximum absolute atomic E-state index is 12.1. The van der Waals surface area contributed by atoms with Gasteiger partial charge in [-0.25, -0.2) is 0 Å². The van der Waals surface area contributed by atoms with E-state index in [0.29, 0.717) is 12.2 Å². The van der Waals surface area contributed by atoms with Crippen LogP contribution in [0.2, 0.25) is 0 Å². The van der Waals surface area contributed by atoms with Gasteiger partial charge in [0.1, 0.15) is 5.75 Å². The minimum atomic E-state index is -0.237. The second-order valence-corrected chi connectivity index (χ2v) is 4.98. The van der Waals surface area contributed by atoms with E-state index in [4.69, 9.17) is 4.74 Å². The van der Waals surface area contributed by atoms with E-state index in [1.807, 2.05) is 30.3 Å². The number of rotatable bonds is 7. The molecule has 0 spiro atoms. The van der Waals surface area contributed by atoms with Gasteiger partial charge in [-0.3, -0.25) is 4.79 Å². The molecule has 1 amide bonds. The fourth-order valence-corrected chi connectivity index (χ4v) is 2.18. The SMILES string of the molecule is CCN(CC)c1ccc(C(=O)NCc2ccc(OC)cc2)nn1. The van der Waals surface area contributed by atoms with Gasteiger partial charge in [0.25, 0.3) is 5.91 Å². The molecule has 6 nitrogen and oxygen atoms in total. The van der Waals surface area contributed by atoms with E-state index in [0.717, 1.165) is 30.2 Å². The smallest absolute Gasteiger partial charge is 0.272 e. The van der Waals surface area contributed by atoms with E-state index in [1.165, 1.54) is 0 Å². The molecule has 0 fully saturated rings.